The molecule has 3 saturated carbocycles. The highest BCUT2D eigenvalue weighted by atomic mass is 127. The number of imidazole rings is 1. The Kier molecular flexibility index (Phi) is 4.18. The Labute approximate surface area is 156 Å². The summed E-state index contributed by atoms with van der Waals surface area (Å²) in [5, 5.41) is 13.5. The summed E-state index contributed by atoms with van der Waals surface area (Å²) in [6.07, 6.45) is 3.69. The van der Waals surface area contributed by atoms with Gasteiger partial charge in [0.2, 0.25) is 0 Å². The van der Waals surface area contributed by atoms with E-state index < -0.39 is 11.7 Å². The molecule has 1 heterocycles. The van der Waals surface area contributed by atoms with E-state index in [0.717, 1.165) is 28.8 Å². The van der Waals surface area contributed by atoms with Gasteiger partial charge in [0.25, 0.3) is 0 Å². The minimum absolute atomic E-state index is 0.0172. The average Bonchev–Trinajstić information content (AvgIpc) is 2.70. The molecule has 0 spiro atoms. The zero-order chi connectivity index (χ0) is 17.9. The third-order valence-electron chi connectivity index (χ3n) is 4.88. The molecule has 1 atom stereocenters. The summed E-state index contributed by atoms with van der Waals surface area (Å²) >= 11 is 2.19. The molecule has 1 amide bonds. The van der Waals surface area contributed by atoms with Crippen molar-refractivity contribution in [2.45, 2.75) is 76.7 Å². The van der Waals surface area contributed by atoms with Crippen LogP contribution in [-0.4, -0.2) is 31.9 Å². The third kappa shape index (κ3) is 3.05. The number of amides is 1. The summed E-state index contributed by atoms with van der Waals surface area (Å²) < 4.78 is 8.39. The Bertz CT molecular complexity index is 643. The first kappa shape index (κ1) is 18.0. The van der Waals surface area contributed by atoms with E-state index in [-0.39, 0.29) is 23.1 Å². The second-order valence-electron chi connectivity index (χ2n) is 8.64. The first-order valence-corrected chi connectivity index (χ1v) is 9.48. The van der Waals surface area contributed by atoms with Crippen LogP contribution in [0.15, 0.2) is 6.20 Å². The topological polar surface area (TPSA) is 76.4 Å². The lowest BCUT2D eigenvalue weighted by atomic mass is 9.44. The van der Waals surface area contributed by atoms with Gasteiger partial charge in [0.15, 0.2) is 0 Å². The summed E-state index contributed by atoms with van der Waals surface area (Å²) in [4.78, 5) is 16.5. The zero-order valence-electron chi connectivity index (χ0n) is 14.9. The van der Waals surface area contributed by atoms with Crippen LogP contribution in [0.2, 0.25) is 0 Å². The molecule has 0 aliphatic heterocycles. The molecule has 0 radical (unpaired) electrons. The van der Waals surface area contributed by atoms with Crippen LogP contribution < -0.4 is 5.32 Å². The molecule has 2 N–H and O–H groups in total. The number of carbonyl (C=O) groups is 1. The monoisotopic (exact) mass is 447 g/mol. The molecular weight excluding hydrogens is 421 g/mol. The van der Waals surface area contributed by atoms with Gasteiger partial charge in [0.05, 0.1) is 11.1 Å². The number of nitrogens with one attached hydrogen (secondary N) is 1. The van der Waals surface area contributed by atoms with Crippen molar-refractivity contribution >= 4 is 28.7 Å². The fraction of sp³-hybridized carbons (Fsp3) is 0.765. The van der Waals surface area contributed by atoms with Gasteiger partial charge in [-0.2, -0.15) is 0 Å². The highest BCUT2D eigenvalue weighted by Crippen LogP contribution is 2.65. The van der Waals surface area contributed by atoms with Crippen molar-refractivity contribution in [3.8, 4) is 0 Å². The van der Waals surface area contributed by atoms with Gasteiger partial charge in [-0.3, -0.25) is 0 Å². The summed E-state index contributed by atoms with van der Waals surface area (Å²) in [7, 11) is 0. The largest absolute Gasteiger partial charge is 0.444 e. The minimum atomic E-state index is -0.572. The number of ether oxygens (including phenoxy) is 1. The lowest BCUT2D eigenvalue weighted by Crippen LogP contribution is -2.79. The van der Waals surface area contributed by atoms with E-state index in [1.54, 1.807) is 0 Å². The lowest BCUT2D eigenvalue weighted by Gasteiger charge is -2.70. The van der Waals surface area contributed by atoms with Crippen LogP contribution >= 0.6 is 22.6 Å². The molecule has 1 aromatic heterocycles. The highest BCUT2D eigenvalue weighted by Gasteiger charge is 2.70. The van der Waals surface area contributed by atoms with Crippen molar-refractivity contribution in [3.05, 3.63) is 15.7 Å². The Morgan fingerprint density at radius 3 is 2.50 bits per heavy atom. The Morgan fingerprint density at radius 2 is 2.00 bits per heavy atom. The maximum Gasteiger partial charge on any atom is 0.408 e. The third-order valence-corrected chi connectivity index (χ3v) is 5.40. The molecule has 4 rings (SSSR count). The smallest absolute Gasteiger partial charge is 0.408 e. The van der Waals surface area contributed by atoms with E-state index in [1.165, 1.54) is 0 Å². The maximum atomic E-state index is 12.0. The maximum absolute atomic E-state index is 12.0. The average molecular weight is 447 g/mol. The van der Waals surface area contributed by atoms with Crippen molar-refractivity contribution in [1.82, 2.24) is 14.9 Å². The second kappa shape index (κ2) is 5.59. The van der Waals surface area contributed by atoms with Gasteiger partial charge in [-0.25, -0.2) is 9.78 Å². The number of alkyl carbamates (subject to hydrolysis) is 1. The Balaban J connectivity index is 1.68. The van der Waals surface area contributed by atoms with E-state index >= 15 is 0 Å². The molecule has 1 unspecified atom stereocenters. The van der Waals surface area contributed by atoms with Crippen LogP contribution in [0.25, 0.3) is 0 Å². The first-order chi connectivity index (χ1) is 11.0. The number of carbonyl (C=O) groups excluding carboxylic acids is 1. The quantitative estimate of drug-likeness (QED) is 0.695. The molecule has 7 heteroatoms. The number of aliphatic hydroxyl groups excluding tert-OH is 1. The van der Waals surface area contributed by atoms with Crippen LogP contribution in [0.5, 0.6) is 0 Å². The number of hydrogen-bond donors (Lipinski definition) is 2. The molecule has 2 bridgehead atoms. The predicted octanol–water partition coefficient (Wildman–Crippen LogP) is 3.33. The van der Waals surface area contributed by atoms with Crippen molar-refractivity contribution in [2.75, 3.05) is 0 Å². The van der Waals surface area contributed by atoms with E-state index in [4.69, 9.17) is 4.74 Å². The standard InChI is InChI=1S/C17H26IN3O3/c1-10(2)12(22)13-19-11(18)6-21(13)17-7-16(8-17,9-17)20-14(23)24-15(3,4)5/h6,10,12,22H,7-9H2,1-5H3,(H,20,23). The van der Waals surface area contributed by atoms with Gasteiger partial charge in [-0.15, -0.1) is 0 Å². The molecule has 6 nitrogen and oxygen atoms in total. The molecule has 3 aliphatic carbocycles. The first-order valence-electron chi connectivity index (χ1n) is 8.40. The van der Waals surface area contributed by atoms with Gasteiger partial charge >= 0.3 is 6.09 Å². The van der Waals surface area contributed by atoms with E-state index in [9.17, 15) is 9.90 Å². The van der Waals surface area contributed by atoms with Crippen molar-refractivity contribution < 1.29 is 14.6 Å². The minimum Gasteiger partial charge on any atom is -0.444 e. The predicted molar refractivity (Wildman–Crippen MR) is 98.7 cm³/mol. The van der Waals surface area contributed by atoms with Crippen LogP contribution in [0.4, 0.5) is 4.79 Å². The summed E-state index contributed by atoms with van der Waals surface area (Å²) in [5.74, 6) is 0.850. The van der Waals surface area contributed by atoms with Crippen LogP contribution in [0.1, 0.15) is 65.8 Å². The van der Waals surface area contributed by atoms with Crippen LogP contribution in [-0.2, 0) is 10.3 Å². The van der Waals surface area contributed by atoms with E-state index in [2.05, 4.69) is 37.5 Å². The van der Waals surface area contributed by atoms with Gasteiger partial charge in [-0.1, -0.05) is 13.8 Å². The number of hydrogen-bond acceptors (Lipinski definition) is 4. The number of aliphatic hydroxyl groups is 1. The van der Waals surface area contributed by atoms with Gasteiger partial charge in [0, 0.05) is 6.20 Å². The van der Waals surface area contributed by atoms with Crippen molar-refractivity contribution in [2.24, 2.45) is 5.92 Å². The molecule has 134 valence electrons. The second-order valence-corrected chi connectivity index (χ2v) is 9.75. The van der Waals surface area contributed by atoms with Gasteiger partial charge < -0.3 is 19.7 Å². The van der Waals surface area contributed by atoms with E-state index in [0.29, 0.717) is 0 Å². The summed E-state index contributed by atoms with van der Waals surface area (Å²) in [6.45, 7) is 9.57. The number of rotatable bonds is 4. The Hall–Kier alpha value is -0.830. The molecular formula is C17H26IN3O3. The van der Waals surface area contributed by atoms with Crippen molar-refractivity contribution in [3.63, 3.8) is 0 Å². The van der Waals surface area contributed by atoms with Crippen molar-refractivity contribution in [1.29, 1.82) is 0 Å². The lowest BCUT2D eigenvalue weighted by molar-refractivity contribution is -0.140. The number of aromatic nitrogens is 2. The fourth-order valence-corrected chi connectivity index (χ4v) is 4.42. The fourth-order valence-electron chi connectivity index (χ4n) is 3.89. The SMILES string of the molecule is CC(C)C(O)c1nc(I)cn1C12CC(NC(=O)OC(C)(C)C)(C1)C2. The summed E-state index contributed by atoms with van der Waals surface area (Å²) in [5.41, 5.74) is -0.658. The summed E-state index contributed by atoms with van der Waals surface area (Å²) in [6, 6.07) is 0. The molecule has 1 aromatic rings. The molecule has 3 aliphatic rings. The normalized spacial score (nSPS) is 29.7. The molecule has 24 heavy (non-hydrogen) atoms. The van der Waals surface area contributed by atoms with Crippen LogP contribution in [0, 0.1) is 9.62 Å². The number of halogens is 1. The Morgan fingerprint density at radius 1 is 1.42 bits per heavy atom. The van der Waals surface area contributed by atoms with Crippen LogP contribution in [0.3, 0.4) is 0 Å². The number of nitrogens with zero attached hydrogens (tertiary/aromatic N) is 2. The van der Waals surface area contributed by atoms with E-state index in [1.807, 2.05) is 40.8 Å². The van der Waals surface area contributed by atoms with Gasteiger partial charge in [0.1, 0.15) is 21.2 Å². The molecule has 0 saturated heterocycles. The molecule has 0 aromatic carbocycles. The van der Waals surface area contributed by atoms with Gasteiger partial charge in [-0.05, 0) is 68.5 Å². The molecule has 3 fully saturated rings. The highest BCUT2D eigenvalue weighted by molar-refractivity contribution is 14.1. The zero-order valence-corrected chi connectivity index (χ0v) is 17.0.